The molecule has 2 N–H and O–H groups in total. The van der Waals surface area contributed by atoms with Crippen LogP contribution in [0.15, 0.2) is 71.5 Å². The summed E-state index contributed by atoms with van der Waals surface area (Å²) in [5.74, 6) is 3.38. The highest BCUT2D eigenvalue weighted by atomic mass is 79.9. The molecule has 0 spiro atoms. The number of pyridine rings is 1. The molecule has 3 aromatic carbocycles. The fourth-order valence-electron chi connectivity index (χ4n) is 4.57. The third kappa shape index (κ3) is 7.96. The molecule has 0 fully saturated rings. The van der Waals surface area contributed by atoms with Crippen LogP contribution >= 0.6 is 15.9 Å². The Kier molecular flexibility index (Phi) is 11.0. The maximum absolute atomic E-state index is 11.4. The highest BCUT2D eigenvalue weighted by molar-refractivity contribution is 9.10. The average molecular weight is 655 g/mol. The van der Waals surface area contributed by atoms with Crippen molar-refractivity contribution in [2.75, 3.05) is 6.61 Å². The van der Waals surface area contributed by atoms with Gasteiger partial charge in [-0.1, -0.05) is 36.3 Å². The van der Waals surface area contributed by atoms with Crippen molar-refractivity contribution in [3.63, 3.8) is 0 Å². The van der Waals surface area contributed by atoms with Gasteiger partial charge in [0, 0.05) is 36.1 Å². The molecule has 4 rings (SSSR count). The molecule has 0 saturated carbocycles. The van der Waals surface area contributed by atoms with Crippen LogP contribution in [0.5, 0.6) is 17.2 Å². The lowest BCUT2D eigenvalue weighted by Gasteiger charge is -2.18. The van der Waals surface area contributed by atoms with E-state index in [9.17, 15) is 15.2 Å². The fraction of sp³-hybridized carbons (Fsp3) is 0.229. The van der Waals surface area contributed by atoms with Crippen LogP contribution in [-0.2, 0) is 24.6 Å². The summed E-state index contributed by atoms with van der Waals surface area (Å²) in [7, 11) is 0. The standard InChI is InChI=1S/C35H32BrN3O5/c1-5-12-42-32-11-7-10-30(23(32)3)29-9-6-8-27(22(29)2)21-44-34-15-33(43-20-26-13-25(16-37)17-38-18-26)28(14-31(34)36)19-39-24(4)35(40)41/h1,6-11,13-15,17-18,24,39H,12,19-21H2,2-4H3,(H,40,41)/t24-/m0/s1. The minimum atomic E-state index is -0.953. The van der Waals surface area contributed by atoms with Crippen LogP contribution in [0.4, 0.5) is 0 Å². The van der Waals surface area contributed by atoms with Crippen molar-refractivity contribution in [2.45, 2.75) is 46.6 Å². The normalized spacial score (nSPS) is 11.2. The third-order valence-corrected chi connectivity index (χ3v) is 7.74. The van der Waals surface area contributed by atoms with E-state index in [1.807, 2.05) is 37.3 Å². The molecule has 0 aliphatic heterocycles. The number of aromatic nitrogens is 1. The number of rotatable bonds is 13. The van der Waals surface area contributed by atoms with E-state index in [1.54, 1.807) is 25.3 Å². The van der Waals surface area contributed by atoms with Crippen molar-refractivity contribution < 1.29 is 24.1 Å². The van der Waals surface area contributed by atoms with E-state index in [4.69, 9.17) is 20.6 Å². The lowest BCUT2D eigenvalue weighted by atomic mass is 9.93. The van der Waals surface area contributed by atoms with Gasteiger partial charge in [0.05, 0.1) is 10.0 Å². The average Bonchev–Trinajstić information content (AvgIpc) is 3.02. The number of nitrogens with one attached hydrogen (secondary N) is 1. The molecular formula is C35H32BrN3O5. The Morgan fingerprint density at radius 3 is 2.43 bits per heavy atom. The van der Waals surface area contributed by atoms with Gasteiger partial charge >= 0.3 is 5.97 Å². The SMILES string of the molecule is C#CCOc1cccc(-c2cccc(COc3cc(OCc4cncc(C#N)c4)c(CN[C@@H](C)C(=O)O)cc3Br)c2C)c1C. The Morgan fingerprint density at radius 2 is 1.70 bits per heavy atom. The molecule has 224 valence electrons. The van der Waals surface area contributed by atoms with Crippen molar-refractivity contribution in [1.82, 2.24) is 10.3 Å². The predicted octanol–water partition coefficient (Wildman–Crippen LogP) is 6.73. The highest BCUT2D eigenvalue weighted by Gasteiger charge is 2.17. The van der Waals surface area contributed by atoms with Gasteiger partial charge in [0.15, 0.2) is 0 Å². The van der Waals surface area contributed by atoms with Gasteiger partial charge < -0.3 is 24.6 Å². The third-order valence-electron chi connectivity index (χ3n) is 7.12. The maximum Gasteiger partial charge on any atom is 0.320 e. The van der Waals surface area contributed by atoms with Crippen LogP contribution in [-0.4, -0.2) is 28.7 Å². The summed E-state index contributed by atoms with van der Waals surface area (Å²) in [5.41, 5.74) is 7.11. The molecule has 4 aromatic rings. The summed E-state index contributed by atoms with van der Waals surface area (Å²) in [4.78, 5) is 15.5. The number of ether oxygens (including phenoxy) is 3. The first-order valence-electron chi connectivity index (χ1n) is 13.8. The Hall–Kier alpha value is -4.83. The van der Waals surface area contributed by atoms with E-state index in [1.165, 1.54) is 6.20 Å². The van der Waals surface area contributed by atoms with Crippen LogP contribution < -0.4 is 19.5 Å². The summed E-state index contributed by atoms with van der Waals surface area (Å²) >= 11 is 3.61. The first-order valence-corrected chi connectivity index (χ1v) is 14.6. The van der Waals surface area contributed by atoms with Crippen LogP contribution in [0.2, 0.25) is 0 Å². The van der Waals surface area contributed by atoms with Crippen molar-refractivity contribution in [1.29, 1.82) is 5.26 Å². The summed E-state index contributed by atoms with van der Waals surface area (Å²) in [6, 6.07) is 18.7. The van der Waals surface area contributed by atoms with E-state index < -0.39 is 12.0 Å². The smallest absolute Gasteiger partial charge is 0.320 e. The second-order valence-electron chi connectivity index (χ2n) is 10.1. The van der Waals surface area contributed by atoms with Gasteiger partial charge in [0.25, 0.3) is 0 Å². The second kappa shape index (κ2) is 15.1. The van der Waals surface area contributed by atoms with E-state index >= 15 is 0 Å². The van der Waals surface area contributed by atoms with E-state index in [2.05, 4.69) is 57.3 Å². The molecule has 1 heterocycles. The number of aliphatic carboxylic acids is 1. The molecule has 0 radical (unpaired) electrons. The minimum Gasteiger partial charge on any atom is -0.488 e. The van der Waals surface area contributed by atoms with Gasteiger partial charge in [-0.2, -0.15) is 5.26 Å². The monoisotopic (exact) mass is 653 g/mol. The van der Waals surface area contributed by atoms with Gasteiger partial charge in [0.2, 0.25) is 0 Å². The van der Waals surface area contributed by atoms with Gasteiger partial charge in [-0.15, -0.1) is 6.42 Å². The van der Waals surface area contributed by atoms with Crippen LogP contribution in [0.25, 0.3) is 11.1 Å². The van der Waals surface area contributed by atoms with Crippen LogP contribution in [0.1, 0.15) is 40.3 Å². The quantitative estimate of drug-likeness (QED) is 0.153. The number of benzene rings is 3. The number of terminal acetylenes is 1. The minimum absolute atomic E-state index is 0.162. The summed E-state index contributed by atoms with van der Waals surface area (Å²) in [5, 5.41) is 21.5. The molecule has 1 aromatic heterocycles. The van der Waals surface area contributed by atoms with Gasteiger partial charge in [-0.25, -0.2) is 0 Å². The molecular weight excluding hydrogens is 622 g/mol. The molecule has 1 atom stereocenters. The predicted molar refractivity (Wildman–Crippen MR) is 171 cm³/mol. The molecule has 0 unspecified atom stereocenters. The number of carboxylic acid groups (broad SMARTS) is 1. The van der Waals surface area contributed by atoms with Crippen molar-refractivity contribution in [2.24, 2.45) is 0 Å². The molecule has 0 aliphatic rings. The molecule has 0 saturated heterocycles. The number of nitrogens with zero attached hydrogens (tertiary/aromatic N) is 2. The molecule has 44 heavy (non-hydrogen) atoms. The number of carbonyl (C=O) groups is 1. The Bertz CT molecular complexity index is 1740. The molecule has 0 aliphatic carbocycles. The lowest BCUT2D eigenvalue weighted by Crippen LogP contribution is -2.33. The van der Waals surface area contributed by atoms with Crippen molar-refractivity contribution >= 4 is 21.9 Å². The maximum atomic E-state index is 11.4. The van der Waals surface area contributed by atoms with Gasteiger partial charge in [-0.05, 0) is 82.7 Å². The molecule has 9 heteroatoms. The van der Waals surface area contributed by atoms with E-state index in [0.717, 1.165) is 44.7 Å². The number of nitriles is 1. The molecule has 0 bridgehead atoms. The zero-order valence-electron chi connectivity index (χ0n) is 24.7. The van der Waals surface area contributed by atoms with Crippen LogP contribution in [0.3, 0.4) is 0 Å². The lowest BCUT2D eigenvalue weighted by molar-refractivity contribution is -0.139. The summed E-state index contributed by atoms with van der Waals surface area (Å²) in [6.07, 6.45) is 8.50. The largest absolute Gasteiger partial charge is 0.488 e. The topological polar surface area (TPSA) is 114 Å². The second-order valence-corrected chi connectivity index (χ2v) is 11.0. The van der Waals surface area contributed by atoms with Gasteiger partial charge in [-0.3, -0.25) is 9.78 Å². The molecule has 0 amide bonds. The summed E-state index contributed by atoms with van der Waals surface area (Å²) in [6.45, 7) is 6.57. The zero-order valence-corrected chi connectivity index (χ0v) is 26.3. The number of hydrogen-bond donors (Lipinski definition) is 2. The fourth-order valence-corrected chi connectivity index (χ4v) is 5.07. The van der Waals surface area contributed by atoms with Crippen molar-refractivity contribution in [3.8, 4) is 46.8 Å². The van der Waals surface area contributed by atoms with E-state index in [0.29, 0.717) is 28.1 Å². The Morgan fingerprint density at radius 1 is 0.977 bits per heavy atom. The number of halogens is 1. The van der Waals surface area contributed by atoms with Crippen molar-refractivity contribution in [3.05, 3.63) is 105 Å². The van der Waals surface area contributed by atoms with Gasteiger partial charge in [0.1, 0.15) is 49.2 Å². The molecule has 8 nitrogen and oxygen atoms in total. The Balaban J connectivity index is 1.59. The van der Waals surface area contributed by atoms with E-state index in [-0.39, 0.29) is 19.8 Å². The first kappa shape index (κ1) is 32.1. The number of carboxylic acids is 1. The first-order chi connectivity index (χ1) is 21.2. The Labute approximate surface area is 265 Å². The van der Waals surface area contributed by atoms with Crippen LogP contribution in [0, 0.1) is 37.5 Å². The zero-order chi connectivity index (χ0) is 31.6. The highest BCUT2D eigenvalue weighted by Crippen LogP contribution is 2.36. The number of hydrogen-bond acceptors (Lipinski definition) is 7. The summed E-state index contributed by atoms with van der Waals surface area (Å²) < 4.78 is 18.9.